The Morgan fingerprint density at radius 3 is 2.59 bits per heavy atom. The molecule has 0 aliphatic carbocycles. The van der Waals surface area contributed by atoms with Crippen molar-refractivity contribution >= 4 is 49.9 Å². The molecule has 2 aromatic carbocycles. The molecule has 12 heteroatoms. The predicted molar refractivity (Wildman–Crippen MR) is 128 cm³/mol. The lowest BCUT2D eigenvalue weighted by Gasteiger charge is -2.26. The van der Waals surface area contributed by atoms with Crippen LogP contribution in [0.25, 0.3) is 16.6 Å². The van der Waals surface area contributed by atoms with E-state index in [9.17, 15) is 13.2 Å². The molecule has 1 N–H and O–H groups in total. The zero-order valence-corrected chi connectivity index (χ0v) is 20.0. The van der Waals surface area contributed by atoms with Crippen molar-refractivity contribution in [3.8, 4) is 0 Å². The number of thioether (sulfide) groups is 1. The monoisotopic (exact) mass is 498 g/mol. The lowest BCUT2D eigenvalue weighted by Crippen LogP contribution is -2.40. The number of carbonyl (C=O) groups excluding carboxylic acids is 1. The second-order valence-electron chi connectivity index (χ2n) is 7.68. The average Bonchev–Trinajstić information content (AvgIpc) is 3.25. The fourth-order valence-electron chi connectivity index (χ4n) is 3.70. The number of anilines is 1. The van der Waals surface area contributed by atoms with Gasteiger partial charge in [-0.1, -0.05) is 23.9 Å². The zero-order valence-electron chi connectivity index (χ0n) is 18.3. The molecule has 0 spiro atoms. The molecule has 1 fully saturated rings. The molecular weight excluding hydrogens is 476 g/mol. The van der Waals surface area contributed by atoms with Crippen molar-refractivity contribution in [3.05, 3.63) is 54.4 Å². The van der Waals surface area contributed by atoms with Crippen LogP contribution >= 0.6 is 11.8 Å². The smallest absolute Gasteiger partial charge is 0.243 e. The predicted octanol–water partition coefficient (Wildman–Crippen LogP) is 2.34. The lowest BCUT2D eigenvalue weighted by molar-refractivity contribution is -0.113. The Balaban J connectivity index is 1.27. The second kappa shape index (κ2) is 9.29. The first-order valence-electron chi connectivity index (χ1n) is 10.6. The van der Waals surface area contributed by atoms with E-state index in [-0.39, 0.29) is 16.6 Å². The number of aryl methyl sites for hydroxylation is 1. The number of hydrogen-bond acceptors (Lipinski definition) is 8. The quantitative estimate of drug-likeness (QED) is 0.318. The lowest BCUT2D eigenvalue weighted by atomic mass is 10.2. The number of aromatic nitrogens is 4. The van der Waals surface area contributed by atoms with Crippen LogP contribution in [-0.2, 0) is 19.6 Å². The number of morpholine rings is 1. The molecule has 3 heterocycles. The Labute approximate surface area is 200 Å². The van der Waals surface area contributed by atoms with Gasteiger partial charge in [0.2, 0.25) is 15.9 Å². The summed E-state index contributed by atoms with van der Waals surface area (Å²) in [5.74, 6) is 0.484. The van der Waals surface area contributed by atoms with E-state index >= 15 is 0 Å². The van der Waals surface area contributed by atoms with Crippen molar-refractivity contribution in [2.24, 2.45) is 0 Å². The summed E-state index contributed by atoms with van der Waals surface area (Å²) in [6.45, 7) is 3.25. The molecule has 176 valence electrons. The maximum absolute atomic E-state index is 12.7. The fourth-order valence-corrected chi connectivity index (χ4v) is 5.85. The number of carbonyl (C=O) groups is 1. The number of nitrogens with zero attached hydrogens (tertiary/aromatic N) is 5. The molecule has 0 bridgehead atoms. The number of rotatable bonds is 6. The summed E-state index contributed by atoms with van der Waals surface area (Å²) < 4.78 is 33.8. The van der Waals surface area contributed by atoms with E-state index in [0.29, 0.717) is 48.6 Å². The van der Waals surface area contributed by atoms with Gasteiger partial charge < -0.3 is 10.1 Å². The maximum Gasteiger partial charge on any atom is 0.243 e. The van der Waals surface area contributed by atoms with E-state index < -0.39 is 10.0 Å². The summed E-state index contributed by atoms with van der Waals surface area (Å²) in [4.78, 5) is 21.9. The van der Waals surface area contributed by atoms with E-state index in [0.717, 1.165) is 10.9 Å². The Kier molecular flexibility index (Phi) is 6.21. The van der Waals surface area contributed by atoms with Gasteiger partial charge in [-0.3, -0.25) is 4.79 Å². The summed E-state index contributed by atoms with van der Waals surface area (Å²) in [5, 5.41) is 8.68. The number of sulfonamides is 1. The minimum Gasteiger partial charge on any atom is -0.379 e. The van der Waals surface area contributed by atoms with Crippen molar-refractivity contribution in [2.75, 3.05) is 37.4 Å². The van der Waals surface area contributed by atoms with Gasteiger partial charge in [-0.05, 0) is 43.3 Å². The molecule has 1 saturated heterocycles. The summed E-state index contributed by atoms with van der Waals surface area (Å²) in [6, 6.07) is 13.8. The number of nitrogens with one attached hydrogen (secondary N) is 1. The number of fused-ring (bicyclic) bond motifs is 3. The third-order valence-electron chi connectivity index (χ3n) is 5.33. The molecule has 1 aliphatic heterocycles. The Bertz CT molecular complexity index is 1460. The van der Waals surface area contributed by atoms with E-state index in [1.54, 1.807) is 16.6 Å². The van der Waals surface area contributed by atoms with Crippen LogP contribution < -0.4 is 5.32 Å². The maximum atomic E-state index is 12.7. The third-order valence-corrected chi connectivity index (χ3v) is 8.18. The standard InChI is InChI=1S/C22H22N6O4S2/c1-15-23-21-18-4-2-3-5-19(18)25-22(28(21)26-15)33-14-20(29)24-16-6-8-17(9-7-16)34(30,31)27-10-12-32-13-11-27/h2-9H,10-14H2,1H3,(H,24,29). The summed E-state index contributed by atoms with van der Waals surface area (Å²) in [7, 11) is -3.58. The zero-order chi connectivity index (χ0) is 23.7. The molecule has 4 aromatic rings. The van der Waals surface area contributed by atoms with Crippen molar-refractivity contribution in [2.45, 2.75) is 17.0 Å². The highest BCUT2D eigenvalue weighted by molar-refractivity contribution is 7.99. The number of benzene rings is 2. The molecule has 10 nitrogen and oxygen atoms in total. The summed E-state index contributed by atoms with van der Waals surface area (Å²) in [5.41, 5.74) is 1.99. The molecule has 2 aromatic heterocycles. The minimum absolute atomic E-state index is 0.104. The second-order valence-corrected chi connectivity index (χ2v) is 10.6. The molecule has 0 atom stereocenters. The van der Waals surface area contributed by atoms with Gasteiger partial charge in [0.05, 0.1) is 29.4 Å². The van der Waals surface area contributed by atoms with E-state index in [2.05, 4.69) is 20.4 Å². The Morgan fingerprint density at radius 1 is 1.09 bits per heavy atom. The van der Waals surface area contributed by atoms with Crippen LogP contribution in [0.2, 0.25) is 0 Å². The molecule has 0 saturated carbocycles. The first-order valence-corrected chi connectivity index (χ1v) is 13.1. The van der Waals surface area contributed by atoms with Crippen LogP contribution in [0.5, 0.6) is 0 Å². The summed E-state index contributed by atoms with van der Waals surface area (Å²) in [6.07, 6.45) is 0. The Morgan fingerprint density at radius 2 is 1.82 bits per heavy atom. The van der Waals surface area contributed by atoms with Crippen molar-refractivity contribution in [1.29, 1.82) is 0 Å². The highest BCUT2D eigenvalue weighted by Gasteiger charge is 2.26. The van der Waals surface area contributed by atoms with Gasteiger partial charge in [-0.15, -0.1) is 5.10 Å². The van der Waals surface area contributed by atoms with Crippen molar-refractivity contribution < 1.29 is 17.9 Å². The first kappa shape index (κ1) is 22.7. The van der Waals surface area contributed by atoms with Crippen LogP contribution in [0, 0.1) is 6.92 Å². The molecular formula is C22H22N6O4S2. The third kappa shape index (κ3) is 4.49. The highest BCUT2D eigenvalue weighted by Crippen LogP contribution is 2.24. The van der Waals surface area contributed by atoms with Gasteiger partial charge in [-0.2, -0.15) is 8.82 Å². The highest BCUT2D eigenvalue weighted by atomic mass is 32.2. The van der Waals surface area contributed by atoms with Crippen molar-refractivity contribution in [3.63, 3.8) is 0 Å². The minimum atomic E-state index is -3.58. The van der Waals surface area contributed by atoms with Gasteiger partial charge >= 0.3 is 0 Å². The normalized spacial score (nSPS) is 15.1. The van der Waals surface area contributed by atoms with E-state index in [1.165, 1.54) is 28.2 Å². The molecule has 1 aliphatic rings. The molecule has 5 rings (SSSR count). The molecule has 0 unspecified atom stereocenters. The largest absolute Gasteiger partial charge is 0.379 e. The van der Waals surface area contributed by atoms with Gasteiger partial charge in [-0.25, -0.2) is 18.4 Å². The van der Waals surface area contributed by atoms with Crippen LogP contribution in [0.3, 0.4) is 0 Å². The molecule has 34 heavy (non-hydrogen) atoms. The van der Waals surface area contributed by atoms with Gasteiger partial charge in [0.25, 0.3) is 0 Å². The summed E-state index contributed by atoms with van der Waals surface area (Å²) >= 11 is 1.25. The van der Waals surface area contributed by atoms with Gasteiger partial charge in [0.1, 0.15) is 5.82 Å². The SMILES string of the molecule is Cc1nc2c3ccccc3nc(SCC(=O)Nc3ccc(S(=O)(=O)N4CCOCC4)cc3)n2n1. The Hall–Kier alpha value is -3.06. The van der Waals surface area contributed by atoms with Crippen LogP contribution in [0.15, 0.2) is 58.6 Å². The molecule has 1 amide bonds. The average molecular weight is 499 g/mol. The van der Waals surface area contributed by atoms with Crippen molar-refractivity contribution in [1.82, 2.24) is 23.9 Å². The number of para-hydroxylation sites is 1. The van der Waals surface area contributed by atoms with Crippen LogP contribution in [-0.4, -0.2) is 70.3 Å². The van der Waals surface area contributed by atoms with Gasteiger partial charge in [0, 0.05) is 24.2 Å². The van der Waals surface area contributed by atoms with E-state index in [1.807, 2.05) is 31.2 Å². The topological polar surface area (TPSA) is 119 Å². The van der Waals surface area contributed by atoms with E-state index in [4.69, 9.17) is 4.74 Å². The fraction of sp³-hybridized carbons (Fsp3) is 0.273. The van der Waals surface area contributed by atoms with Crippen LogP contribution in [0.4, 0.5) is 5.69 Å². The number of amides is 1. The number of hydrogen-bond donors (Lipinski definition) is 1. The molecule has 0 radical (unpaired) electrons. The van der Waals surface area contributed by atoms with Crippen LogP contribution in [0.1, 0.15) is 5.82 Å². The van der Waals surface area contributed by atoms with Gasteiger partial charge in [0.15, 0.2) is 10.8 Å². The first-order chi connectivity index (χ1) is 16.4. The number of ether oxygens (including phenoxy) is 1.